The Hall–Kier alpha value is -3.89. The molecular weight excluding hydrogens is 324 g/mol. The van der Waals surface area contributed by atoms with Crippen LogP contribution in [0.2, 0.25) is 0 Å². The van der Waals surface area contributed by atoms with E-state index < -0.39 is 33.1 Å². The van der Waals surface area contributed by atoms with Crippen molar-refractivity contribution >= 4 is 34.6 Å². The van der Waals surface area contributed by atoms with Crippen molar-refractivity contribution in [2.45, 2.75) is 0 Å². The van der Waals surface area contributed by atoms with Gasteiger partial charge in [0, 0.05) is 17.8 Å². The molecule has 2 aromatic rings. The summed E-state index contributed by atoms with van der Waals surface area (Å²) < 4.78 is 4.53. The van der Waals surface area contributed by atoms with Crippen molar-refractivity contribution in [3.63, 3.8) is 0 Å². The minimum atomic E-state index is -1.61. The first-order valence-electron chi connectivity index (χ1n) is 6.28. The van der Waals surface area contributed by atoms with Crippen molar-refractivity contribution < 1.29 is 24.5 Å². The van der Waals surface area contributed by atoms with Gasteiger partial charge >= 0.3 is 17.5 Å². The van der Waals surface area contributed by atoms with Crippen molar-refractivity contribution in [2.75, 3.05) is 11.1 Å². The first-order valence-corrected chi connectivity index (χ1v) is 6.28. The standard InChI is InChI=1S/C13H10N4O7/c14-7-5-9(16(20)21)12(10(6-7)17(22)23)15-8-3-1-2-4-11(8)24-13(18)19/h1-6,15H,14H2,(H,18,19). The molecule has 0 unspecified atom stereocenters. The van der Waals surface area contributed by atoms with Gasteiger partial charge in [-0.3, -0.25) is 20.2 Å². The van der Waals surface area contributed by atoms with E-state index >= 15 is 0 Å². The van der Waals surface area contributed by atoms with E-state index in [2.05, 4.69) is 10.1 Å². The Morgan fingerprint density at radius 3 is 2.17 bits per heavy atom. The van der Waals surface area contributed by atoms with Gasteiger partial charge in [-0.15, -0.1) is 0 Å². The SMILES string of the molecule is Nc1cc([N+](=O)[O-])c(Nc2ccccc2OC(=O)O)c([N+](=O)[O-])c1. The number of nitrogens with two attached hydrogens (primary N) is 1. The van der Waals surface area contributed by atoms with Crippen LogP contribution in [0, 0.1) is 20.2 Å². The maximum absolute atomic E-state index is 11.2. The number of carboxylic acid groups (broad SMARTS) is 1. The molecule has 4 N–H and O–H groups in total. The van der Waals surface area contributed by atoms with E-state index in [1.807, 2.05) is 0 Å². The number of para-hydroxylation sites is 2. The number of anilines is 3. The van der Waals surface area contributed by atoms with Gasteiger partial charge in [-0.1, -0.05) is 12.1 Å². The fourth-order valence-corrected chi connectivity index (χ4v) is 1.94. The van der Waals surface area contributed by atoms with Crippen molar-refractivity contribution in [1.82, 2.24) is 0 Å². The van der Waals surface area contributed by atoms with Crippen LogP contribution in [-0.4, -0.2) is 21.1 Å². The zero-order valence-electron chi connectivity index (χ0n) is 11.8. The molecule has 0 radical (unpaired) electrons. The first kappa shape index (κ1) is 16.5. The van der Waals surface area contributed by atoms with E-state index in [1.54, 1.807) is 0 Å². The van der Waals surface area contributed by atoms with Crippen molar-refractivity contribution in [3.05, 3.63) is 56.6 Å². The predicted molar refractivity (Wildman–Crippen MR) is 82.5 cm³/mol. The van der Waals surface area contributed by atoms with Crippen LogP contribution in [0.3, 0.4) is 0 Å². The number of nitrogens with one attached hydrogen (secondary N) is 1. The average Bonchev–Trinajstić information content (AvgIpc) is 2.49. The van der Waals surface area contributed by atoms with Gasteiger partial charge in [0.05, 0.1) is 15.5 Å². The quantitative estimate of drug-likeness (QED) is 0.244. The van der Waals surface area contributed by atoms with E-state index in [0.717, 1.165) is 12.1 Å². The molecule has 2 rings (SSSR count). The molecule has 0 saturated carbocycles. The molecule has 0 bridgehead atoms. The monoisotopic (exact) mass is 334 g/mol. The van der Waals surface area contributed by atoms with Crippen LogP contribution in [0.5, 0.6) is 5.75 Å². The number of nitro benzene ring substituents is 2. The fraction of sp³-hybridized carbons (Fsp3) is 0. The largest absolute Gasteiger partial charge is 0.511 e. The van der Waals surface area contributed by atoms with Crippen LogP contribution in [-0.2, 0) is 0 Å². The minimum Gasteiger partial charge on any atom is -0.449 e. The van der Waals surface area contributed by atoms with Gasteiger partial charge in [-0.05, 0) is 12.1 Å². The van der Waals surface area contributed by atoms with Crippen LogP contribution in [0.15, 0.2) is 36.4 Å². The molecule has 0 fully saturated rings. The predicted octanol–water partition coefficient (Wildman–Crippen LogP) is 2.89. The van der Waals surface area contributed by atoms with Crippen molar-refractivity contribution in [3.8, 4) is 5.75 Å². The zero-order chi connectivity index (χ0) is 17.9. The Morgan fingerprint density at radius 1 is 1.12 bits per heavy atom. The van der Waals surface area contributed by atoms with Crippen LogP contribution in [0.4, 0.5) is 33.2 Å². The van der Waals surface area contributed by atoms with Crippen molar-refractivity contribution in [1.29, 1.82) is 0 Å². The third-order valence-electron chi connectivity index (χ3n) is 2.86. The number of nitrogens with zero attached hydrogens (tertiary/aromatic N) is 2. The lowest BCUT2D eigenvalue weighted by molar-refractivity contribution is -0.392. The van der Waals surface area contributed by atoms with Crippen LogP contribution in [0.25, 0.3) is 0 Å². The Labute approximate surface area is 133 Å². The van der Waals surface area contributed by atoms with E-state index in [0.29, 0.717) is 0 Å². The third kappa shape index (κ3) is 3.47. The number of carbonyl (C=O) groups is 1. The third-order valence-corrected chi connectivity index (χ3v) is 2.86. The highest BCUT2D eigenvalue weighted by atomic mass is 16.7. The van der Waals surface area contributed by atoms with Gasteiger partial charge in [0.1, 0.15) is 0 Å². The zero-order valence-corrected chi connectivity index (χ0v) is 11.8. The van der Waals surface area contributed by atoms with Crippen LogP contribution >= 0.6 is 0 Å². The van der Waals surface area contributed by atoms with Gasteiger partial charge in [0.25, 0.3) is 0 Å². The number of hydrogen-bond donors (Lipinski definition) is 3. The molecule has 11 nitrogen and oxygen atoms in total. The topological polar surface area (TPSA) is 171 Å². The van der Waals surface area contributed by atoms with Crippen LogP contribution in [0.1, 0.15) is 0 Å². The minimum absolute atomic E-state index is 0.00382. The second-order valence-corrected chi connectivity index (χ2v) is 4.44. The van der Waals surface area contributed by atoms with Gasteiger partial charge < -0.3 is 20.9 Å². The fourth-order valence-electron chi connectivity index (χ4n) is 1.94. The molecule has 0 aliphatic carbocycles. The Morgan fingerprint density at radius 2 is 1.67 bits per heavy atom. The van der Waals surface area contributed by atoms with E-state index in [9.17, 15) is 25.0 Å². The normalized spacial score (nSPS) is 10.0. The molecular formula is C13H10N4O7. The van der Waals surface area contributed by atoms with Gasteiger partial charge in [0.15, 0.2) is 11.4 Å². The number of benzene rings is 2. The summed E-state index contributed by atoms with van der Waals surface area (Å²) in [6.45, 7) is 0. The summed E-state index contributed by atoms with van der Waals surface area (Å²) in [4.78, 5) is 31.3. The molecule has 0 aromatic heterocycles. The average molecular weight is 334 g/mol. The number of nitro groups is 2. The van der Waals surface area contributed by atoms with Gasteiger partial charge in [0.2, 0.25) is 0 Å². The number of ether oxygens (including phenoxy) is 1. The van der Waals surface area contributed by atoms with Crippen molar-refractivity contribution in [2.24, 2.45) is 0 Å². The lowest BCUT2D eigenvalue weighted by atomic mass is 10.2. The van der Waals surface area contributed by atoms with Gasteiger partial charge in [-0.2, -0.15) is 0 Å². The molecule has 24 heavy (non-hydrogen) atoms. The highest BCUT2D eigenvalue weighted by Crippen LogP contribution is 2.40. The summed E-state index contributed by atoms with van der Waals surface area (Å²) in [5, 5.41) is 33.5. The summed E-state index contributed by atoms with van der Waals surface area (Å²) in [6, 6.07) is 7.50. The smallest absolute Gasteiger partial charge is 0.449 e. The number of hydrogen-bond acceptors (Lipinski definition) is 8. The summed E-state index contributed by atoms with van der Waals surface area (Å²) in [6.07, 6.45) is -1.61. The maximum atomic E-state index is 11.2. The Balaban J connectivity index is 2.59. The van der Waals surface area contributed by atoms with E-state index in [-0.39, 0.29) is 17.1 Å². The number of rotatable bonds is 5. The number of nitrogen functional groups attached to an aromatic ring is 1. The van der Waals surface area contributed by atoms with E-state index in [4.69, 9.17) is 10.8 Å². The summed E-state index contributed by atoms with van der Waals surface area (Å²) >= 11 is 0. The van der Waals surface area contributed by atoms with Crippen LogP contribution < -0.4 is 15.8 Å². The molecule has 0 saturated heterocycles. The second kappa shape index (κ2) is 6.48. The molecule has 0 heterocycles. The maximum Gasteiger partial charge on any atom is 0.511 e. The second-order valence-electron chi connectivity index (χ2n) is 4.44. The highest BCUT2D eigenvalue weighted by Gasteiger charge is 2.27. The summed E-state index contributed by atoms with van der Waals surface area (Å²) in [5.74, 6) is -0.176. The molecule has 124 valence electrons. The van der Waals surface area contributed by atoms with Gasteiger partial charge in [-0.25, -0.2) is 4.79 Å². The summed E-state index contributed by atoms with van der Waals surface area (Å²) in [7, 11) is 0. The molecule has 2 aromatic carbocycles. The molecule has 0 atom stereocenters. The molecule has 0 amide bonds. The first-order chi connectivity index (χ1) is 11.3. The highest BCUT2D eigenvalue weighted by molar-refractivity contribution is 5.84. The Kier molecular flexibility index (Phi) is 4.45. The molecule has 0 aliphatic heterocycles. The lowest BCUT2D eigenvalue weighted by Crippen LogP contribution is -2.07. The lowest BCUT2D eigenvalue weighted by Gasteiger charge is -2.11. The molecule has 0 aliphatic rings. The Bertz CT molecular complexity index is 802. The molecule has 0 spiro atoms. The summed E-state index contributed by atoms with van der Waals surface area (Å²) in [5.41, 5.74) is 3.58. The molecule has 11 heteroatoms. The van der Waals surface area contributed by atoms with E-state index in [1.165, 1.54) is 24.3 Å².